The highest BCUT2D eigenvalue weighted by atomic mass is 16.5. The molecular formula is C12H24N2O2. The van der Waals surface area contributed by atoms with Crippen LogP contribution < -0.4 is 5.73 Å². The molecule has 1 rings (SSSR count). The highest BCUT2D eigenvalue weighted by molar-refractivity contribution is 5.81. The molecular weight excluding hydrogens is 204 g/mol. The van der Waals surface area contributed by atoms with Crippen molar-refractivity contribution >= 4 is 5.97 Å². The van der Waals surface area contributed by atoms with Crippen LogP contribution in [0.2, 0.25) is 0 Å². The Balaban J connectivity index is 2.67. The van der Waals surface area contributed by atoms with E-state index < -0.39 is 5.54 Å². The van der Waals surface area contributed by atoms with Crippen LogP contribution in [-0.2, 0) is 9.53 Å². The predicted octanol–water partition coefficient (Wildman–Crippen LogP) is 1.14. The quantitative estimate of drug-likeness (QED) is 0.733. The van der Waals surface area contributed by atoms with E-state index in [2.05, 4.69) is 25.7 Å². The van der Waals surface area contributed by atoms with E-state index in [1.54, 1.807) is 0 Å². The van der Waals surface area contributed by atoms with Gasteiger partial charge >= 0.3 is 5.97 Å². The third-order valence-corrected chi connectivity index (χ3v) is 3.61. The molecule has 2 N–H and O–H groups in total. The number of carbonyl (C=O) groups is 1. The van der Waals surface area contributed by atoms with E-state index in [1.165, 1.54) is 7.11 Å². The third kappa shape index (κ3) is 2.55. The Morgan fingerprint density at radius 2 is 2.25 bits per heavy atom. The van der Waals surface area contributed by atoms with Crippen LogP contribution in [0.1, 0.15) is 40.0 Å². The number of ether oxygens (including phenoxy) is 1. The third-order valence-electron chi connectivity index (χ3n) is 3.61. The largest absolute Gasteiger partial charge is 0.468 e. The van der Waals surface area contributed by atoms with Crippen molar-refractivity contribution in [2.75, 3.05) is 13.7 Å². The molecule has 1 aliphatic rings. The van der Waals surface area contributed by atoms with E-state index in [1.807, 2.05) is 0 Å². The summed E-state index contributed by atoms with van der Waals surface area (Å²) in [5.74, 6) is -0.269. The van der Waals surface area contributed by atoms with Crippen molar-refractivity contribution in [1.82, 2.24) is 4.90 Å². The van der Waals surface area contributed by atoms with Crippen LogP contribution in [0.5, 0.6) is 0 Å². The predicted molar refractivity (Wildman–Crippen MR) is 64.1 cm³/mol. The van der Waals surface area contributed by atoms with Gasteiger partial charge in [-0.3, -0.25) is 9.69 Å². The van der Waals surface area contributed by atoms with E-state index in [0.717, 1.165) is 19.4 Å². The average Bonchev–Trinajstić information content (AvgIpc) is 2.61. The standard InChI is InChI=1S/C12H24N2O2/c1-5-14(9(2)3)10-6-7-12(13,8-10)11(15)16-4/h9-10H,5-8,13H2,1-4H3. The van der Waals surface area contributed by atoms with E-state index in [0.29, 0.717) is 18.5 Å². The Morgan fingerprint density at radius 3 is 2.69 bits per heavy atom. The van der Waals surface area contributed by atoms with Gasteiger partial charge in [-0.2, -0.15) is 0 Å². The van der Waals surface area contributed by atoms with Crippen molar-refractivity contribution in [3.8, 4) is 0 Å². The maximum Gasteiger partial charge on any atom is 0.325 e. The summed E-state index contributed by atoms with van der Waals surface area (Å²) in [6, 6.07) is 0.907. The fourth-order valence-electron chi connectivity index (χ4n) is 2.77. The van der Waals surface area contributed by atoms with Gasteiger partial charge < -0.3 is 10.5 Å². The van der Waals surface area contributed by atoms with E-state index in [9.17, 15) is 4.79 Å². The average molecular weight is 228 g/mol. The summed E-state index contributed by atoms with van der Waals surface area (Å²) in [5, 5.41) is 0. The minimum absolute atomic E-state index is 0.269. The lowest BCUT2D eigenvalue weighted by Crippen LogP contribution is -2.48. The number of hydrogen-bond donors (Lipinski definition) is 1. The number of methoxy groups -OCH3 is 1. The van der Waals surface area contributed by atoms with Gasteiger partial charge in [0.25, 0.3) is 0 Å². The summed E-state index contributed by atoms with van der Waals surface area (Å²) in [4.78, 5) is 14.0. The minimum atomic E-state index is -0.762. The van der Waals surface area contributed by atoms with Crippen molar-refractivity contribution in [2.24, 2.45) is 5.73 Å². The van der Waals surface area contributed by atoms with E-state index in [4.69, 9.17) is 10.5 Å². The van der Waals surface area contributed by atoms with Crippen molar-refractivity contribution in [3.63, 3.8) is 0 Å². The molecule has 0 bridgehead atoms. The normalized spacial score (nSPS) is 30.1. The highest BCUT2D eigenvalue weighted by Crippen LogP contribution is 2.32. The topological polar surface area (TPSA) is 55.6 Å². The molecule has 2 unspecified atom stereocenters. The first-order chi connectivity index (χ1) is 7.44. The summed E-state index contributed by atoms with van der Waals surface area (Å²) < 4.78 is 4.78. The second-order valence-electron chi connectivity index (χ2n) is 4.97. The van der Waals surface area contributed by atoms with Gasteiger partial charge in [-0.15, -0.1) is 0 Å². The molecule has 0 aliphatic heterocycles. The molecule has 0 saturated heterocycles. The van der Waals surface area contributed by atoms with Crippen LogP contribution >= 0.6 is 0 Å². The second-order valence-corrected chi connectivity index (χ2v) is 4.97. The van der Waals surface area contributed by atoms with Gasteiger partial charge in [0.2, 0.25) is 0 Å². The fourth-order valence-corrected chi connectivity index (χ4v) is 2.77. The van der Waals surface area contributed by atoms with Gasteiger partial charge in [0, 0.05) is 12.1 Å². The first kappa shape index (κ1) is 13.5. The van der Waals surface area contributed by atoms with Gasteiger partial charge in [0.05, 0.1) is 7.11 Å². The summed E-state index contributed by atoms with van der Waals surface area (Å²) >= 11 is 0. The minimum Gasteiger partial charge on any atom is -0.468 e. The summed E-state index contributed by atoms with van der Waals surface area (Å²) in [6.45, 7) is 7.50. The molecule has 0 aromatic heterocycles. The molecule has 1 fully saturated rings. The molecule has 0 heterocycles. The molecule has 16 heavy (non-hydrogen) atoms. The number of nitrogens with zero attached hydrogens (tertiary/aromatic N) is 1. The van der Waals surface area contributed by atoms with Crippen LogP contribution in [-0.4, -0.2) is 42.1 Å². The van der Waals surface area contributed by atoms with Crippen LogP contribution in [0.3, 0.4) is 0 Å². The Bertz CT molecular complexity index is 255. The zero-order valence-corrected chi connectivity index (χ0v) is 10.8. The molecule has 0 amide bonds. The molecule has 94 valence electrons. The fraction of sp³-hybridized carbons (Fsp3) is 0.917. The summed E-state index contributed by atoms with van der Waals surface area (Å²) in [7, 11) is 1.41. The number of rotatable bonds is 4. The lowest BCUT2D eigenvalue weighted by molar-refractivity contribution is -0.147. The molecule has 0 aromatic rings. The van der Waals surface area contributed by atoms with Crippen LogP contribution in [0, 0.1) is 0 Å². The molecule has 0 spiro atoms. The zero-order chi connectivity index (χ0) is 12.3. The second kappa shape index (κ2) is 5.15. The summed E-state index contributed by atoms with van der Waals surface area (Å²) in [5.41, 5.74) is 5.33. The Hall–Kier alpha value is -0.610. The van der Waals surface area contributed by atoms with Crippen molar-refractivity contribution in [3.05, 3.63) is 0 Å². The maximum atomic E-state index is 11.6. The van der Waals surface area contributed by atoms with Gasteiger partial charge in [-0.05, 0) is 39.7 Å². The monoisotopic (exact) mass is 228 g/mol. The van der Waals surface area contributed by atoms with Crippen molar-refractivity contribution in [1.29, 1.82) is 0 Å². The molecule has 0 aromatic carbocycles. The summed E-state index contributed by atoms with van der Waals surface area (Å²) in [6.07, 6.45) is 2.43. The molecule has 1 aliphatic carbocycles. The van der Waals surface area contributed by atoms with E-state index in [-0.39, 0.29) is 5.97 Å². The number of esters is 1. The van der Waals surface area contributed by atoms with Crippen LogP contribution in [0.4, 0.5) is 0 Å². The van der Waals surface area contributed by atoms with Gasteiger partial charge in [0.15, 0.2) is 0 Å². The van der Waals surface area contributed by atoms with Gasteiger partial charge in [-0.1, -0.05) is 6.92 Å². The molecule has 2 atom stereocenters. The molecule has 4 heteroatoms. The molecule has 1 saturated carbocycles. The Labute approximate surface area is 98.1 Å². The van der Waals surface area contributed by atoms with Gasteiger partial charge in [-0.25, -0.2) is 0 Å². The SMILES string of the molecule is CCN(C(C)C)C1CCC(N)(C(=O)OC)C1. The van der Waals surface area contributed by atoms with Crippen molar-refractivity contribution in [2.45, 2.75) is 57.7 Å². The first-order valence-electron chi connectivity index (χ1n) is 6.07. The van der Waals surface area contributed by atoms with Crippen LogP contribution in [0.25, 0.3) is 0 Å². The Kier molecular flexibility index (Phi) is 4.33. The smallest absolute Gasteiger partial charge is 0.325 e. The van der Waals surface area contributed by atoms with E-state index >= 15 is 0 Å². The Morgan fingerprint density at radius 1 is 1.62 bits per heavy atom. The highest BCUT2D eigenvalue weighted by Gasteiger charge is 2.44. The first-order valence-corrected chi connectivity index (χ1v) is 6.07. The van der Waals surface area contributed by atoms with Crippen LogP contribution in [0.15, 0.2) is 0 Å². The molecule has 4 nitrogen and oxygen atoms in total. The lowest BCUT2D eigenvalue weighted by Gasteiger charge is -2.32. The number of carbonyl (C=O) groups excluding carboxylic acids is 1. The number of hydrogen-bond acceptors (Lipinski definition) is 4. The maximum absolute atomic E-state index is 11.6. The van der Waals surface area contributed by atoms with Gasteiger partial charge in [0.1, 0.15) is 5.54 Å². The lowest BCUT2D eigenvalue weighted by atomic mass is 9.99. The van der Waals surface area contributed by atoms with Crippen molar-refractivity contribution < 1.29 is 9.53 Å². The molecule has 0 radical (unpaired) electrons. The zero-order valence-electron chi connectivity index (χ0n) is 10.8. The number of nitrogens with two attached hydrogens (primary N) is 1.